The van der Waals surface area contributed by atoms with Crippen molar-refractivity contribution in [2.45, 2.75) is 30.3 Å². The smallest absolute Gasteiger partial charge is 0.406 e. The third-order valence-electron chi connectivity index (χ3n) is 3.89. The van der Waals surface area contributed by atoms with Gasteiger partial charge in [-0.1, -0.05) is 23.9 Å². The van der Waals surface area contributed by atoms with Gasteiger partial charge in [0.15, 0.2) is 5.58 Å². The number of para-hydroxylation sites is 2. The Kier molecular flexibility index (Phi) is 5.53. The fourth-order valence-electron chi connectivity index (χ4n) is 2.73. The molecule has 25 heavy (non-hydrogen) atoms. The summed E-state index contributed by atoms with van der Waals surface area (Å²) in [5, 5.41) is 0.272. The number of alkyl halides is 3. The third kappa shape index (κ3) is 4.88. The Hall–Kier alpha value is -1.74. The Morgan fingerprint density at radius 1 is 1.28 bits per heavy atom. The first-order valence-electron chi connectivity index (χ1n) is 7.85. The quantitative estimate of drug-likeness (QED) is 0.750. The number of hydrogen-bond acceptors (Lipinski definition) is 5. The summed E-state index contributed by atoms with van der Waals surface area (Å²) in [6.07, 6.45) is -3.61. The van der Waals surface area contributed by atoms with Crippen LogP contribution in [0.4, 0.5) is 13.2 Å². The molecule has 2 aromatic rings. The van der Waals surface area contributed by atoms with Crippen molar-refractivity contribution in [1.82, 2.24) is 9.88 Å². The number of halogens is 3. The Balaban J connectivity index is 1.66. The van der Waals surface area contributed by atoms with Gasteiger partial charge in [0.05, 0.1) is 5.75 Å². The molecular formula is C16H17F3N2O3S. The van der Waals surface area contributed by atoms with E-state index >= 15 is 0 Å². The number of ether oxygens (including phenoxy) is 1. The summed E-state index contributed by atoms with van der Waals surface area (Å²) < 4.78 is 49.2. The van der Waals surface area contributed by atoms with E-state index < -0.39 is 24.7 Å². The number of benzene rings is 1. The van der Waals surface area contributed by atoms with Gasteiger partial charge in [0.1, 0.15) is 12.1 Å². The Bertz CT molecular complexity index is 696. The number of carbonyl (C=O) groups is 1. The molecule has 0 saturated carbocycles. The lowest BCUT2D eigenvalue weighted by Gasteiger charge is -2.34. The normalized spacial score (nSPS) is 16.3. The lowest BCUT2D eigenvalue weighted by Crippen LogP contribution is -2.48. The second-order valence-electron chi connectivity index (χ2n) is 5.72. The third-order valence-corrected chi connectivity index (χ3v) is 4.71. The van der Waals surface area contributed by atoms with Crippen LogP contribution in [-0.2, 0) is 9.53 Å². The zero-order chi connectivity index (χ0) is 17.9. The van der Waals surface area contributed by atoms with Crippen molar-refractivity contribution in [2.24, 2.45) is 0 Å². The number of rotatable bonds is 5. The largest absolute Gasteiger partial charge is 0.431 e. The average Bonchev–Trinajstić information content (AvgIpc) is 3.00. The topological polar surface area (TPSA) is 55.6 Å². The lowest BCUT2D eigenvalue weighted by molar-refractivity contribution is -0.167. The lowest BCUT2D eigenvalue weighted by atomic mass is 10.1. The van der Waals surface area contributed by atoms with E-state index in [9.17, 15) is 18.0 Å². The fraction of sp³-hybridized carbons (Fsp3) is 0.500. The molecule has 136 valence electrons. The van der Waals surface area contributed by atoms with Gasteiger partial charge < -0.3 is 14.1 Å². The highest BCUT2D eigenvalue weighted by Gasteiger charge is 2.37. The number of oxazole rings is 1. The molecule has 1 fully saturated rings. The van der Waals surface area contributed by atoms with E-state index in [0.29, 0.717) is 37.2 Å². The van der Waals surface area contributed by atoms with Crippen LogP contribution in [0.5, 0.6) is 0 Å². The first-order chi connectivity index (χ1) is 11.9. The number of nitrogens with zero attached hydrogens (tertiary/aromatic N) is 2. The van der Waals surface area contributed by atoms with E-state index in [1.165, 1.54) is 0 Å². The molecule has 0 spiro atoms. The summed E-state index contributed by atoms with van der Waals surface area (Å²) in [5.74, 6) is -0.725. The van der Waals surface area contributed by atoms with E-state index in [4.69, 9.17) is 9.15 Å². The summed E-state index contributed by atoms with van der Waals surface area (Å²) in [6, 6.07) is 6.66. The molecule has 1 aliphatic rings. The second-order valence-corrected chi connectivity index (χ2v) is 6.64. The maximum atomic E-state index is 12.9. The van der Waals surface area contributed by atoms with Crippen LogP contribution >= 0.6 is 11.8 Å². The SMILES string of the molecule is O=C(CSc1nc2ccccc2o1)N(CC(F)(F)F)C1CCOCC1. The van der Waals surface area contributed by atoms with Crippen LogP contribution in [0, 0.1) is 0 Å². The fourth-order valence-corrected chi connectivity index (χ4v) is 3.45. The minimum Gasteiger partial charge on any atom is -0.431 e. The number of fused-ring (bicyclic) bond motifs is 1. The highest BCUT2D eigenvalue weighted by Crippen LogP contribution is 2.26. The molecule has 5 nitrogen and oxygen atoms in total. The molecule has 1 aromatic carbocycles. The predicted octanol–water partition coefficient (Wildman–Crippen LogP) is 3.49. The van der Waals surface area contributed by atoms with E-state index in [1.807, 2.05) is 0 Å². The van der Waals surface area contributed by atoms with Gasteiger partial charge in [-0.05, 0) is 25.0 Å². The van der Waals surface area contributed by atoms with Gasteiger partial charge in [-0.25, -0.2) is 4.98 Å². The first-order valence-corrected chi connectivity index (χ1v) is 8.83. The van der Waals surface area contributed by atoms with E-state index in [-0.39, 0.29) is 11.0 Å². The van der Waals surface area contributed by atoms with Crippen molar-refractivity contribution < 1.29 is 27.1 Å². The Morgan fingerprint density at radius 3 is 2.68 bits per heavy atom. The second kappa shape index (κ2) is 7.65. The summed E-state index contributed by atoms with van der Waals surface area (Å²) in [5.41, 5.74) is 1.23. The monoisotopic (exact) mass is 374 g/mol. The molecule has 0 unspecified atom stereocenters. The minimum atomic E-state index is -4.43. The average molecular weight is 374 g/mol. The van der Waals surface area contributed by atoms with Gasteiger partial charge in [-0.2, -0.15) is 13.2 Å². The van der Waals surface area contributed by atoms with Gasteiger partial charge in [-0.3, -0.25) is 4.79 Å². The summed E-state index contributed by atoms with van der Waals surface area (Å²) in [7, 11) is 0. The van der Waals surface area contributed by atoms with Gasteiger partial charge in [0.25, 0.3) is 5.22 Å². The van der Waals surface area contributed by atoms with Gasteiger partial charge >= 0.3 is 6.18 Å². The number of amides is 1. The molecule has 1 aromatic heterocycles. The minimum absolute atomic E-state index is 0.153. The van der Waals surface area contributed by atoms with Crippen LogP contribution in [0.2, 0.25) is 0 Å². The standard InChI is InChI=1S/C16H17F3N2O3S/c17-16(18,19)10-21(11-5-7-23-8-6-11)14(22)9-25-15-20-12-3-1-2-4-13(12)24-15/h1-4,11H,5-10H2. The molecule has 1 aliphatic heterocycles. The molecule has 1 saturated heterocycles. The Labute approximate surface area is 146 Å². The highest BCUT2D eigenvalue weighted by molar-refractivity contribution is 7.99. The van der Waals surface area contributed by atoms with Crippen LogP contribution in [-0.4, -0.2) is 53.5 Å². The van der Waals surface area contributed by atoms with Crippen molar-refractivity contribution in [1.29, 1.82) is 0 Å². The van der Waals surface area contributed by atoms with Crippen LogP contribution in [0.3, 0.4) is 0 Å². The Morgan fingerprint density at radius 2 is 2.00 bits per heavy atom. The number of hydrogen-bond donors (Lipinski definition) is 0. The zero-order valence-electron chi connectivity index (χ0n) is 13.3. The number of thioether (sulfide) groups is 1. The predicted molar refractivity (Wildman–Crippen MR) is 86.3 cm³/mol. The number of aromatic nitrogens is 1. The van der Waals surface area contributed by atoms with Crippen molar-refractivity contribution in [3.05, 3.63) is 24.3 Å². The van der Waals surface area contributed by atoms with Crippen molar-refractivity contribution >= 4 is 28.8 Å². The van der Waals surface area contributed by atoms with Crippen LogP contribution in [0.25, 0.3) is 11.1 Å². The van der Waals surface area contributed by atoms with Crippen LogP contribution in [0.15, 0.2) is 33.9 Å². The molecule has 3 rings (SSSR count). The highest BCUT2D eigenvalue weighted by atomic mass is 32.2. The molecule has 2 heterocycles. The summed E-state index contributed by atoms with van der Waals surface area (Å²) in [6.45, 7) is -0.514. The molecule has 1 amide bonds. The van der Waals surface area contributed by atoms with Crippen LogP contribution < -0.4 is 0 Å². The van der Waals surface area contributed by atoms with E-state index in [0.717, 1.165) is 16.7 Å². The number of carbonyl (C=O) groups excluding carboxylic acids is 1. The maximum absolute atomic E-state index is 12.9. The van der Waals surface area contributed by atoms with Crippen LogP contribution in [0.1, 0.15) is 12.8 Å². The molecule has 0 atom stereocenters. The zero-order valence-corrected chi connectivity index (χ0v) is 14.1. The van der Waals surface area contributed by atoms with Gasteiger partial charge in [0, 0.05) is 19.3 Å². The summed E-state index contributed by atoms with van der Waals surface area (Å²) >= 11 is 1.01. The van der Waals surface area contributed by atoms with Crippen molar-refractivity contribution in [3.8, 4) is 0 Å². The maximum Gasteiger partial charge on any atom is 0.406 e. The molecule has 0 radical (unpaired) electrons. The van der Waals surface area contributed by atoms with Crippen molar-refractivity contribution in [2.75, 3.05) is 25.5 Å². The first kappa shape index (κ1) is 18.1. The van der Waals surface area contributed by atoms with E-state index in [1.54, 1.807) is 24.3 Å². The molecular weight excluding hydrogens is 357 g/mol. The molecule has 0 aliphatic carbocycles. The van der Waals surface area contributed by atoms with Gasteiger partial charge in [-0.15, -0.1) is 0 Å². The molecule has 0 N–H and O–H groups in total. The van der Waals surface area contributed by atoms with Gasteiger partial charge in [0.2, 0.25) is 5.91 Å². The molecule has 9 heteroatoms. The molecule has 0 bridgehead atoms. The van der Waals surface area contributed by atoms with E-state index in [2.05, 4.69) is 4.98 Å². The van der Waals surface area contributed by atoms with Crippen molar-refractivity contribution in [3.63, 3.8) is 0 Å². The summed E-state index contributed by atoms with van der Waals surface area (Å²) in [4.78, 5) is 17.5.